The molecule has 0 fully saturated rings. The molecule has 0 spiro atoms. The van der Waals surface area contributed by atoms with Gasteiger partial charge in [-0.05, 0) is 68.1 Å². The molecule has 0 saturated heterocycles. The summed E-state index contributed by atoms with van der Waals surface area (Å²) in [5, 5.41) is 0. The van der Waals surface area contributed by atoms with Crippen LogP contribution in [0.15, 0.2) is 32.5 Å². The topological polar surface area (TPSA) is 17.1 Å². The number of rotatable bonds is 3. The normalized spacial score (nSPS) is 10.7. The van der Waals surface area contributed by atoms with Gasteiger partial charge in [0.15, 0.2) is 5.78 Å². The van der Waals surface area contributed by atoms with E-state index in [0.717, 1.165) is 19.8 Å². The largest absolute Gasteiger partial charge is 0.293 e. The van der Waals surface area contributed by atoms with Crippen molar-refractivity contribution in [2.45, 2.75) is 13.3 Å². The lowest BCUT2D eigenvalue weighted by Gasteiger charge is -2.01. The summed E-state index contributed by atoms with van der Waals surface area (Å²) in [4.78, 5) is 12.8. The van der Waals surface area contributed by atoms with Gasteiger partial charge in [-0.2, -0.15) is 0 Å². The van der Waals surface area contributed by atoms with Gasteiger partial charge in [-0.15, -0.1) is 11.3 Å². The van der Waals surface area contributed by atoms with E-state index < -0.39 is 0 Å². The summed E-state index contributed by atoms with van der Waals surface area (Å²) in [7, 11) is 0. The van der Waals surface area contributed by atoms with Crippen molar-refractivity contribution in [3.8, 4) is 0 Å². The number of ketones is 1. The second-order valence-electron chi connectivity index (χ2n) is 3.92. The maximum atomic E-state index is 13.1. The van der Waals surface area contributed by atoms with Gasteiger partial charge in [0, 0.05) is 6.42 Å². The number of hydrogen-bond acceptors (Lipinski definition) is 2. The SMILES string of the molecule is Cc1cc(C(=O)Cc2ccc(F)c(Br)c2)sc1Br. The van der Waals surface area contributed by atoms with Crippen LogP contribution in [0, 0.1) is 12.7 Å². The van der Waals surface area contributed by atoms with Gasteiger partial charge in [-0.3, -0.25) is 4.79 Å². The summed E-state index contributed by atoms with van der Waals surface area (Å²) in [6.07, 6.45) is 0.283. The standard InChI is InChI=1S/C13H9Br2FOS/c1-7-4-12(18-13(7)15)11(17)6-8-2-3-10(16)9(14)5-8/h2-5H,6H2,1H3. The van der Waals surface area contributed by atoms with E-state index in [1.54, 1.807) is 12.1 Å². The number of hydrogen-bond donors (Lipinski definition) is 0. The van der Waals surface area contributed by atoms with Gasteiger partial charge in [-0.1, -0.05) is 6.07 Å². The van der Waals surface area contributed by atoms with Crippen LogP contribution in [0.25, 0.3) is 0 Å². The number of halogens is 3. The Hall–Kier alpha value is -0.520. The van der Waals surface area contributed by atoms with E-state index in [9.17, 15) is 9.18 Å². The molecule has 0 unspecified atom stereocenters. The maximum absolute atomic E-state index is 13.1. The number of benzene rings is 1. The van der Waals surface area contributed by atoms with Crippen LogP contribution >= 0.6 is 43.2 Å². The lowest BCUT2D eigenvalue weighted by atomic mass is 10.1. The molecule has 0 N–H and O–H groups in total. The molecule has 0 amide bonds. The van der Waals surface area contributed by atoms with Crippen LogP contribution in [0.5, 0.6) is 0 Å². The number of carbonyl (C=O) groups excluding carboxylic acids is 1. The molecule has 2 rings (SSSR count). The lowest BCUT2D eigenvalue weighted by molar-refractivity contribution is 0.0996. The van der Waals surface area contributed by atoms with Crippen LogP contribution in [0.2, 0.25) is 0 Å². The molecular weight excluding hydrogens is 383 g/mol. The van der Waals surface area contributed by atoms with Crippen LogP contribution in [0.3, 0.4) is 0 Å². The fraction of sp³-hybridized carbons (Fsp3) is 0.154. The van der Waals surface area contributed by atoms with Crippen LogP contribution in [-0.2, 0) is 6.42 Å². The zero-order valence-corrected chi connectivity index (χ0v) is 13.5. The second kappa shape index (κ2) is 5.63. The highest BCUT2D eigenvalue weighted by Crippen LogP contribution is 2.28. The number of thiophene rings is 1. The van der Waals surface area contributed by atoms with E-state index in [1.165, 1.54) is 17.4 Å². The molecule has 0 aliphatic carbocycles. The van der Waals surface area contributed by atoms with Crippen molar-refractivity contribution in [1.82, 2.24) is 0 Å². The Morgan fingerprint density at radius 3 is 2.61 bits per heavy atom. The number of carbonyl (C=O) groups is 1. The fourth-order valence-corrected chi connectivity index (χ4v) is 3.42. The molecule has 94 valence electrons. The zero-order valence-electron chi connectivity index (χ0n) is 9.47. The first-order valence-corrected chi connectivity index (χ1v) is 7.60. The summed E-state index contributed by atoms with van der Waals surface area (Å²) in [5.74, 6) is -0.270. The summed E-state index contributed by atoms with van der Waals surface area (Å²) in [6, 6.07) is 6.51. The number of aryl methyl sites for hydroxylation is 1. The molecule has 2 aromatic rings. The predicted molar refractivity (Wildman–Crippen MR) is 78.9 cm³/mol. The Kier molecular flexibility index (Phi) is 4.35. The molecule has 0 aliphatic heterocycles. The predicted octanol–water partition coefficient (Wildman–Crippen LogP) is 5.15. The summed E-state index contributed by atoms with van der Waals surface area (Å²) in [6.45, 7) is 1.95. The van der Waals surface area contributed by atoms with Gasteiger partial charge in [0.05, 0.1) is 13.1 Å². The van der Waals surface area contributed by atoms with Crippen LogP contribution in [-0.4, -0.2) is 5.78 Å². The van der Waals surface area contributed by atoms with Gasteiger partial charge in [0.2, 0.25) is 0 Å². The molecular formula is C13H9Br2FOS. The van der Waals surface area contributed by atoms with E-state index in [1.807, 2.05) is 13.0 Å². The Morgan fingerprint density at radius 1 is 1.33 bits per heavy atom. The average Bonchev–Trinajstić information content (AvgIpc) is 2.65. The van der Waals surface area contributed by atoms with Gasteiger partial charge >= 0.3 is 0 Å². The highest BCUT2D eigenvalue weighted by atomic mass is 79.9. The fourth-order valence-electron chi connectivity index (χ4n) is 1.52. The van der Waals surface area contributed by atoms with E-state index in [0.29, 0.717) is 4.47 Å². The second-order valence-corrected chi connectivity index (χ2v) is 7.14. The average molecular weight is 392 g/mol. The Labute approximate surface area is 125 Å². The molecule has 5 heteroatoms. The molecule has 0 atom stereocenters. The van der Waals surface area contributed by atoms with Crippen molar-refractivity contribution in [2.24, 2.45) is 0 Å². The third-order valence-corrected chi connectivity index (χ3v) is 5.27. The third kappa shape index (κ3) is 3.08. The van der Waals surface area contributed by atoms with E-state index in [4.69, 9.17) is 0 Å². The van der Waals surface area contributed by atoms with Crippen LogP contribution in [0.4, 0.5) is 4.39 Å². The van der Waals surface area contributed by atoms with Crippen molar-refractivity contribution < 1.29 is 9.18 Å². The molecule has 0 bridgehead atoms. The lowest BCUT2D eigenvalue weighted by Crippen LogP contribution is -2.01. The van der Waals surface area contributed by atoms with Crippen molar-refractivity contribution in [1.29, 1.82) is 0 Å². The van der Waals surface area contributed by atoms with Crippen molar-refractivity contribution in [3.05, 3.63) is 54.3 Å². The van der Waals surface area contributed by atoms with Gasteiger partial charge in [0.1, 0.15) is 5.82 Å². The highest BCUT2D eigenvalue weighted by molar-refractivity contribution is 9.11. The molecule has 1 aromatic heterocycles. The molecule has 0 aliphatic rings. The first-order chi connectivity index (χ1) is 8.47. The van der Waals surface area contributed by atoms with Crippen molar-refractivity contribution >= 4 is 49.0 Å². The monoisotopic (exact) mass is 390 g/mol. The number of Topliss-reactive ketones (excluding diaryl/α,β-unsaturated/α-hetero) is 1. The smallest absolute Gasteiger partial charge is 0.177 e. The van der Waals surface area contributed by atoms with Crippen molar-refractivity contribution in [2.75, 3.05) is 0 Å². The molecule has 1 heterocycles. The van der Waals surface area contributed by atoms with Crippen molar-refractivity contribution in [3.63, 3.8) is 0 Å². The minimum Gasteiger partial charge on any atom is -0.293 e. The van der Waals surface area contributed by atoms with E-state index in [-0.39, 0.29) is 18.0 Å². The maximum Gasteiger partial charge on any atom is 0.177 e. The quantitative estimate of drug-likeness (QED) is 0.661. The minimum absolute atomic E-state index is 0.0484. The summed E-state index contributed by atoms with van der Waals surface area (Å²) in [5.41, 5.74) is 1.86. The van der Waals surface area contributed by atoms with Crippen LogP contribution in [0.1, 0.15) is 20.8 Å². The van der Waals surface area contributed by atoms with Gasteiger partial charge < -0.3 is 0 Å². The first kappa shape index (κ1) is 13.9. The van der Waals surface area contributed by atoms with E-state index >= 15 is 0 Å². The summed E-state index contributed by atoms with van der Waals surface area (Å²) >= 11 is 7.95. The summed E-state index contributed by atoms with van der Waals surface area (Å²) < 4.78 is 14.4. The third-order valence-electron chi connectivity index (χ3n) is 2.48. The molecule has 1 aromatic carbocycles. The Balaban J connectivity index is 2.18. The highest BCUT2D eigenvalue weighted by Gasteiger charge is 2.12. The molecule has 0 saturated carbocycles. The Morgan fingerprint density at radius 2 is 2.06 bits per heavy atom. The van der Waals surface area contributed by atoms with E-state index in [2.05, 4.69) is 31.9 Å². The van der Waals surface area contributed by atoms with Gasteiger partial charge in [-0.25, -0.2) is 4.39 Å². The molecule has 18 heavy (non-hydrogen) atoms. The Bertz CT molecular complexity index is 588. The minimum atomic E-state index is -0.319. The van der Waals surface area contributed by atoms with Crippen LogP contribution < -0.4 is 0 Å². The molecule has 1 nitrogen and oxygen atoms in total. The first-order valence-electron chi connectivity index (χ1n) is 5.20. The van der Waals surface area contributed by atoms with Gasteiger partial charge in [0.25, 0.3) is 0 Å². The molecule has 0 radical (unpaired) electrons. The zero-order chi connectivity index (χ0) is 13.3.